The quantitative estimate of drug-likeness (QED) is 0.813. The first kappa shape index (κ1) is 15.1. The zero-order chi connectivity index (χ0) is 14.5. The average Bonchev–Trinajstić information content (AvgIpc) is 2.35. The topological polar surface area (TPSA) is 69.6 Å². The van der Waals surface area contributed by atoms with Crippen LogP contribution >= 0.6 is 0 Å². The number of urea groups is 1. The normalized spacial score (nSPS) is 26.9. The zero-order valence-electron chi connectivity index (χ0n) is 12.3. The fourth-order valence-corrected chi connectivity index (χ4v) is 3.22. The van der Waals surface area contributed by atoms with Gasteiger partial charge >= 0.3 is 12.0 Å². The third-order valence-electron chi connectivity index (χ3n) is 4.67. The monoisotopic (exact) mass is 282 g/mol. The summed E-state index contributed by atoms with van der Waals surface area (Å²) in [5.41, 5.74) is 0. The molecule has 20 heavy (non-hydrogen) atoms. The van der Waals surface area contributed by atoms with Crippen LogP contribution in [0.2, 0.25) is 0 Å². The summed E-state index contributed by atoms with van der Waals surface area (Å²) in [5, 5.41) is 11.6. The van der Waals surface area contributed by atoms with Gasteiger partial charge in [0.05, 0.1) is 6.42 Å². The van der Waals surface area contributed by atoms with Crippen LogP contribution in [0.4, 0.5) is 4.79 Å². The first-order valence-corrected chi connectivity index (χ1v) is 7.79. The molecule has 0 aromatic heterocycles. The van der Waals surface area contributed by atoms with Crippen LogP contribution in [0, 0.1) is 17.8 Å². The van der Waals surface area contributed by atoms with Gasteiger partial charge in [-0.15, -0.1) is 0 Å². The smallest absolute Gasteiger partial charge is 0.317 e. The van der Waals surface area contributed by atoms with E-state index in [1.165, 1.54) is 25.7 Å². The third-order valence-corrected chi connectivity index (χ3v) is 4.67. The second-order valence-corrected chi connectivity index (χ2v) is 6.52. The molecule has 1 heterocycles. The Hall–Kier alpha value is -1.26. The van der Waals surface area contributed by atoms with E-state index in [0.29, 0.717) is 13.1 Å². The standard InChI is InChI=1S/C15H26N2O3/c1-11-2-4-12(5-3-11)6-7-16-15(20)17-9-13(10-17)8-14(18)19/h11-13H,2-10H2,1H3,(H,16,20)(H,18,19). The number of aliphatic carboxylic acids is 1. The van der Waals surface area contributed by atoms with Crippen molar-refractivity contribution in [1.29, 1.82) is 0 Å². The molecule has 0 aromatic carbocycles. The van der Waals surface area contributed by atoms with Crippen LogP contribution in [0.1, 0.15) is 45.4 Å². The summed E-state index contributed by atoms with van der Waals surface area (Å²) in [6.07, 6.45) is 6.47. The number of nitrogens with one attached hydrogen (secondary N) is 1. The Morgan fingerprint density at radius 1 is 1.15 bits per heavy atom. The Bertz CT molecular complexity index is 345. The van der Waals surface area contributed by atoms with E-state index in [0.717, 1.165) is 24.8 Å². The third kappa shape index (κ3) is 4.39. The predicted molar refractivity (Wildman–Crippen MR) is 76.5 cm³/mol. The minimum absolute atomic E-state index is 0.0317. The summed E-state index contributed by atoms with van der Waals surface area (Å²) in [6, 6.07) is -0.0317. The summed E-state index contributed by atoms with van der Waals surface area (Å²) in [7, 11) is 0. The van der Waals surface area contributed by atoms with E-state index in [1.54, 1.807) is 4.90 Å². The molecule has 0 radical (unpaired) electrons. The fraction of sp³-hybridized carbons (Fsp3) is 0.867. The molecule has 114 valence electrons. The van der Waals surface area contributed by atoms with Gasteiger partial charge in [0, 0.05) is 25.6 Å². The number of likely N-dealkylation sites (tertiary alicyclic amines) is 1. The van der Waals surface area contributed by atoms with E-state index in [4.69, 9.17) is 5.11 Å². The van der Waals surface area contributed by atoms with Crippen molar-refractivity contribution in [2.75, 3.05) is 19.6 Å². The lowest BCUT2D eigenvalue weighted by Gasteiger charge is -2.38. The van der Waals surface area contributed by atoms with E-state index >= 15 is 0 Å². The van der Waals surface area contributed by atoms with Gasteiger partial charge in [0.1, 0.15) is 0 Å². The van der Waals surface area contributed by atoms with Gasteiger partial charge in [0.15, 0.2) is 0 Å². The van der Waals surface area contributed by atoms with Gasteiger partial charge in [-0.25, -0.2) is 4.79 Å². The number of carbonyl (C=O) groups is 2. The molecule has 1 aliphatic carbocycles. The number of hydrogen-bond donors (Lipinski definition) is 2. The largest absolute Gasteiger partial charge is 0.481 e. The predicted octanol–water partition coefficient (Wildman–Crippen LogP) is 2.32. The Morgan fingerprint density at radius 2 is 1.80 bits per heavy atom. The van der Waals surface area contributed by atoms with E-state index in [2.05, 4.69) is 12.2 Å². The number of nitrogens with zero attached hydrogens (tertiary/aromatic N) is 1. The van der Waals surface area contributed by atoms with Crippen LogP contribution in [0.3, 0.4) is 0 Å². The molecular formula is C15H26N2O3. The maximum absolute atomic E-state index is 11.8. The summed E-state index contributed by atoms with van der Waals surface area (Å²) in [5.74, 6) is 0.996. The average molecular weight is 282 g/mol. The van der Waals surface area contributed by atoms with Gasteiger partial charge in [-0.05, 0) is 18.3 Å². The lowest BCUT2D eigenvalue weighted by Crippen LogP contribution is -2.54. The fourth-order valence-electron chi connectivity index (χ4n) is 3.22. The number of carboxylic acids is 1. The Morgan fingerprint density at radius 3 is 2.40 bits per heavy atom. The molecule has 5 heteroatoms. The number of amides is 2. The van der Waals surface area contributed by atoms with Gasteiger partial charge in [0.2, 0.25) is 0 Å². The number of carboxylic acid groups (broad SMARTS) is 1. The van der Waals surface area contributed by atoms with Crippen molar-refractivity contribution in [1.82, 2.24) is 10.2 Å². The van der Waals surface area contributed by atoms with Crippen LogP contribution < -0.4 is 5.32 Å². The summed E-state index contributed by atoms with van der Waals surface area (Å²) in [6.45, 7) is 4.23. The van der Waals surface area contributed by atoms with Crippen LogP contribution in [0.5, 0.6) is 0 Å². The highest BCUT2D eigenvalue weighted by atomic mass is 16.4. The molecule has 2 rings (SSSR count). The van der Waals surface area contributed by atoms with Crippen molar-refractivity contribution in [2.45, 2.75) is 45.4 Å². The molecule has 5 nitrogen and oxygen atoms in total. The SMILES string of the molecule is CC1CCC(CCNC(=O)N2CC(CC(=O)O)C2)CC1. The van der Waals surface area contributed by atoms with Crippen molar-refractivity contribution in [2.24, 2.45) is 17.8 Å². The van der Waals surface area contributed by atoms with Crippen molar-refractivity contribution in [3.8, 4) is 0 Å². The summed E-state index contributed by atoms with van der Waals surface area (Å²) < 4.78 is 0. The second-order valence-electron chi connectivity index (χ2n) is 6.52. The van der Waals surface area contributed by atoms with Crippen LogP contribution in [-0.2, 0) is 4.79 Å². The molecule has 2 amide bonds. The Labute approximate surface area is 120 Å². The number of carbonyl (C=O) groups excluding carboxylic acids is 1. The molecule has 1 aliphatic heterocycles. The van der Waals surface area contributed by atoms with E-state index < -0.39 is 5.97 Å². The van der Waals surface area contributed by atoms with Gasteiger partial charge in [0.25, 0.3) is 0 Å². The van der Waals surface area contributed by atoms with Crippen LogP contribution in [-0.4, -0.2) is 41.6 Å². The molecular weight excluding hydrogens is 256 g/mol. The van der Waals surface area contributed by atoms with Gasteiger partial charge in [-0.1, -0.05) is 32.6 Å². The van der Waals surface area contributed by atoms with E-state index in [-0.39, 0.29) is 18.4 Å². The molecule has 0 aromatic rings. The van der Waals surface area contributed by atoms with Crippen LogP contribution in [0.25, 0.3) is 0 Å². The molecule has 0 spiro atoms. The minimum Gasteiger partial charge on any atom is -0.481 e. The van der Waals surface area contributed by atoms with Crippen molar-refractivity contribution >= 4 is 12.0 Å². The Kier molecular flexibility index (Phi) is 5.26. The highest BCUT2D eigenvalue weighted by Crippen LogP contribution is 2.30. The second kappa shape index (κ2) is 6.95. The highest BCUT2D eigenvalue weighted by Gasteiger charge is 2.31. The Balaban J connectivity index is 1.54. The van der Waals surface area contributed by atoms with Crippen LogP contribution in [0.15, 0.2) is 0 Å². The molecule has 2 fully saturated rings. The zero-order valence-corrected chi connectivity index (χ0v) is 12.3. The maximum atomic E-state index is 11.8. The minimum atomic E-state index is -0.776. The van der Waals surface area contributed by atoms with Crippen molar-refractivity contribution in [3.05, 3.63) is 0 Å². The maximum Gasteiger partial charge on any atom is 0.317 e. The molecule has 1 saturated heterocycles. The first-order valence-electron chi connectivity index (χ1n) is 7.79. The van der Waals surface area contributed by atoms with Crippen molar-refractivity contribution in [3.63, 3.8) is 0 Å². The number of hydrogen-bond acceptors (Lipinski definition) is 2. The van der Waals surface area contributed by atoms with E-state index in [1.807, 2.05) is 0 Å². The number of rotatable bonds is 5. The molecule has 2 aliphatic rings. The van der Waals surface area contributed by atoms with E-state index in [9.17, 15) is 9.59 Å². The first-order chi connectivity index (χ1) is 9.54. The highest BCUT2D eigenvalue weighted by molar-refractivity contribution is 5.75. The van der Waals surface area contributed by atoms with Gasteiger partial charge < -0.3 is 15.3 Å². The molecule has 1 saturated carbocycles. The van der Waals surface area contributed by atoms with Gasteiger partial charge in [-0.2, -0.15) is 0 Å². The lowest BCUT2D eigenvalue weighted by molar-refractivity contribution is -0.139. The lowest BCUT2D eigenvalue weighted by atomic mass is 9.81. The molecule has 2 N–H and O–H groups in total. The molecule has 0 bridgehead atoms. The van der Waals surface area contributed by atoms with Gasteiger partial charge in [-0.3, -0.25) is 4.79 Å². The van der Waals surface area contributed by atoms with Crippen molar-refractivity contribution < 1.29 is 14.7 Å². The summed E-state index contributed by atoms with van der Waals surface area (Å²) >= 11 is 0. The molecule has 0 unspecified atom stereocenters. The summed E-state index contributed by atoms with van der Waals surface area (Å²) in [4.78, 5) is 24.1. The molecule has 0 atom stereocenters.